The minimum absolute atomic E-state index is 0.502. The number of fused-ring (bicyclic) bond motifs is 6. The molecule has 0 saturated carbocycles. The summed E-state index contributed by atoms with van der Waals surface area (Å²) in [7, 11) is 1.37. The summed E-state index contributed by atoms with van der Waals surface area (Å²) >= 11 is 0. The molecule has 0 fully saturated rings. The smallest absolute Gasteiger partial charge is 0.435 e. The van der Waals surface area contributed by atoms with Crippen molar-refractivity contribution >= 4 is 38.5 Å². The average Bonchev–Trinajstić information content (AvgIpc) is 3.15. The van der Waals surface area contributed by atoms with Crippen molar-refractivity contribution in [3.05, 3.63) is 78.9 Å². The molecule has 0 spiro atoms. The van der Waals surface area contributed by atoms with E-state index in [9.17, 15) is 4.79 Å². The highest BCUT2D eigenvalue weighted by molar-refractivity contribution is 6.27. The van der Waals surface area contributed by atoms with E-state index in [2.05, 4.69) is 23.3 Å². The first-order chi connectivity index (χ1) is 13.3. The topological polar surface area (TPSA) is 44.1 Å². The van der Waals surface area contributed by atoms with Crippen molar-refractivity contribution in [2.45, 2.75) is 0 Å². The number of carbonyl (C=O) groups excluding carboxylic acids is 1. The molecule has 5 aromatic rings. The lowest BCUT2D eigenvalue weighted by atomic mass is 9.95. The van der Waals surface area contributed by atoms with Crippen molar-refractivity contribution in [2.24, 2.45) is 0 Å². The van der Waals surface area contributed by atoms with Crippen molar-refractivity contribution in [1.29, 1.82) is 0 Å². The second kappa shape index (κ2) is 5.95. The van der Waals surface area contributed by atoms with Gasteiger partial charge in [0.25, 0.3) is 0 Å². The molecular weight excluding hydrogens is 336 g/mol. The van der Waals surface area contributed by atoms with Crippen LogP contribution in [0.15, 0.2) is 78.9 Å². The summed E-state index contributed by atoms with van der Waals surface area (Å²) in [5.41, 5.74) is 2.47. The van der Waals surface area contributed by atoms with Crippen molar-refractivity contribution < 1.29 is 9.53 Å². The number of benzene rings is 4. The molecule has 0 atom stereocenters. The molecule has 4 nitrogen and oxygen atoms in total. The van der Waals surface area contributed by atoms with Crippen LogP contribution in [0.3, 0.4) is 0 Å². The Kier molecular flexibility index (Phi) is 3.44. The van der Waals surface area contributed by atoms with Gasteiger partial charge >= 0.3 is 6.09 Å². The molecule has 4 aromatic carbocycles. The third-order valence-corrected chi connectivity index (χ3v) is 4.95. The zero-order valence-corrected chi connectivity index (χ0v) is 14.7. The highest BCUT2D eigenvalue weighted by Gasteiger charge is 2.22. The molecule has 0 aliphatic carbocycles. The molecule has 1 aromatic heterocycles. The molecule has 130 valence electrons. The number of ether oxygens (including phenoxy) is 1. The first-order valence-electron chi connectivity index (χ1n) is 8.75. The Morgan fingerprint density at radius 3 is 2.00 bits per heavy atom. The highest BCUT2D eigenvalue weighted by atomic mass is 16.5. The van der Waals surface area contributed by atoms with Gasteiger partial charge in [0, 0.05) is 16.3 Å². The van der Waals surface area contributed by atoms with Gasteiger partial charge in [-0.25, -0.2) is 4.79 Å². The summed E-state index contributed by atoms with van der Waals surface area (Å²) in [6.07, 6.45) is -0.502. The normalized spacial score (nSPS) is 11.3. The largest absolute Gasteiger partial charge is 0.451 e. The van der Waals surface area contributed by atoms with E-state index in [0.29, 0.717) is 0 Å². The zero-order valence-electron chi connectivity index (χ0n) is 14.7. The van der Waals surface area contributed by atoms with E-state index in [1.165, 1.54) is 11.8 Å². The summed E-state index contributed by atoms with van der Waals surface area (Å²) < 4.78 is 6.39. The molecule has 0 N–H and O–H groups in total. The molecule has 0 bridgehead atoms. The molecule has 0 saturated heterocycles. The molecule has 5 rings (SSSR count). The van der Waals surface area contributed by atoms with Crippen molar-refractivity contribution in [2.75, 3.05) is 7.11 Å². The third-order valence-electron chi connectivity index (χ3n) is 4.95. The molecule has 4 heteroatoms. The van der Waals surface area contributed by atoms with Gasteiger partial charge in [0.15, 0.2) is 0 Å². The van der Waals surface area contributed by atoms with E-state index in [-0.39, 0.29) is 0 Å². The minimum Gasteiger partial charge on any atom is -0.451 e. The maximum Gasteiger partial charge on any atom is 0.435 e. The maximum absolute atomic E-state index is 12.5. The number of carbonyl (C=O) groups is 1. The zero-order chi connectivity index (χ0) is 18.4. The van der Waals surface area contributed by atoms with Crippen LogP contribution >= 0.6 is 0 Å². The van der Waals surface area contributed by atoms with Crippen LogP contribution in [0.2, 0.25) is 0 Å². The van der Waals surface area contributed by atoms with Gasteiger partial charge in [-0.3, -0.25) is 0 Å². The molecule has 1 heterocycles. The van der Waals surface area contributed by atoms with Crippen LogP contribution in [0.1, 0.15) is 0 Å². The number of hydrogen-bond donors (Lipinski definition) is 0. The maximum atomic E-state index is 12.5. The molecule has 0 aliphatic heterocycles. The SMILES string of the molecule is COC(=O)n1nc2c3ccccc3c3ccccc3c2c1-c1ccccc1. The molecule has 27 heavy (non-hydrogen) atoms. The van der Waals surface area contributed by atoms with Crippen LogP contribution in [0.5, 0.6) is 0 Å². The summed E-state index contributed by atoms with van der Waals surface area (Å²) in [4.78, 5) is 12.5. The number of rotatable bonds is 1. The Morgan fingerprint density at radius 2 is 1.33 bits per heavy atom. The monoisotopic (exact) mass is 352 g/mol. The van der Waals surface area contributed by atoms with Gasteiger partial charge in [0.1, 0.15) is 5.52 Å². The fourth-order valence-corrected chi connectivity index (χ4v) is 3.80. The molecule has 0 amide bonds. The Hall–Kier alpha value is -3.66. The van der Waals surface area contributed by atoms with Crippen LogP contribution in [0.4, 0.5) is 4.79 Å². The van der Waals surface area contributed by atoms with Gasteiger partial charge in [-0.05, 0) is 16.2 Å². The molecule has 0 aliphatic rings. The average molecular weight is 352 g/mol. The van der Waals surface area contributed by atoms with Gasteiger partial charge in [-0.2, -0.15) is 9.78 Å². The summed E-state index contributed by atoms with van der Waals surface area (Å²) in [6.45, 7) is 0. The van der Waals surface area contributed by atoms with E-state index in [1.807, 2.05) is 60.7 Å². The number of nitrogens with zero attached hydrogens (tertiary/aromatic N) is 2. The lowest BCUT2D eigenvalue weighted by molar-refractivity contribution is 0.170. The van der Waals surface area contributed by atoms with E-state index in [1.54, 1.807) is 0 Å². The third kappa shape index (κ3) is 2.23. The van der Waals surface area contributed by atoms with E-state index in [4.69, 9.17) is 4.74 Å². The Balaban J connectivity index is 2.08. The Morgan fingerprint density at radius 1 is 0.778 bits per heavy atom. The van der Waals surface area contributed by atoms with E-state index < -0.39 is 6.09 Å². The second-order valence-electron chi connectivity index (χ2n) is 6.41. The first-order valence-corrected chi connectivity index (χ1v) is 8.75. The lowest BCUT2D eigenvalue weighted by Gasteiger charge is -2.08. The van der Waals surface area contributed by atoms with Gasteiger partial charge < -0.3 is 4.74 Å². The number of hydrogen-bond acceptors (Lipinski definition) is 3. The van der Waals surface area contributed by atoms with Crippen LogP contribution in [0, 0.1) is 0 Å². The summed E-state index contributed by atoms with van der Waals surface area (Å²) in [5.74, 6) is 0. The predicted octanol–water partition coefficient (Wildman–Crippen LogP) is 5.62. The molecule has 0 unspecified atom stereocenters. The molecule has 0 radical (unpaired) electrons. The lowest BCUT2D eigenvalue weighted by Crippen LogP contribution is -2.14. The summed E-state index contributed by atoms with van der Waals surface area (Å²) in [6, 6.07) is 26.3. The van der Waals surface area contributed by atoms with E-state index in [0.717, 1.165) is 43.7 Å². The van der Waals surface area contributed by atoms with Gasteiger partial charge in [0.2, 0.25) is 0 Å². The number of methoxy groups -OCH3 is 1. The minimum atomic E-state index is -0.502. The van der Waals surface area contributed by atoms with Crippen LogP contribution in [0.25, 0.3) is 43.7 Å². The highest BCUT2D eigenvalue weighted by Crippen LogP contribution is 2.39. The van der Waals surface area contributed by atoms with Crippen molar-refractivity contribution in [3.63, 3.8) is 0 Å². The Labute approximate surface area is 155 Å². The second-order valence-corrected chi connectivity index (χ2v) is 6.41. The van der Waals surface area contributed by atoms with Crippen molar-refractivity contribution in [3.8, 4) is 11.3 Å². The first kappa shape index (κ1) is 15.6. The summed E-state index contributed by atoms with van der Waals surface area (Å²) in [5, 5.41) is 9.99. The number of aromatic nitrogens is 2. The van der Waals surface area contributed by atoms with Crippen LogP contribution in [-0.4, -0.2) is 23.0 Å². The predicted molar refractivity (Wildman–Crippen MR) is 108 cm³/mol. The van der Waals surface area contributed by atoms with Gasteiger partial charge in [0.05, 0.1) is 12.8 Å². The molecular formula is C23H16N2O2. The fourth-order valence-electron chi connectivity index (χ4n) is 3.80. The standard InChI is InChI=1S/C23H16N2O2/c1-27-23(26)25-22(15-9-3-2-4-10-15)20-18-13-7-5-11-16(18)17-12-6-8-14-19(17)21(20)24-25/h2-14H,1H3. The quantitative estimate of drug-likeness (QED) is 0.368. The van der Waals surface area contributed by atoms with Crippen molar-refractivity contribution in [1.82, 2.24) is 9.78 Å². The Bertz CT molecular complexity index is 1320. The van der Waals surface area contributed by atoms with Crippen LogP contribution < -0.4 is 0 Å². The fraction of sp³-hybridized carbons (Fsp3) is 0.0435. The van der Waals surface area contributed by atoms with Crippen LogP contribution in [-0.2, 0) is 4.74 Å². The van der Waals surface area contributed by atoms with Gasteiger partial charge in [-0.15, -0.1) is 0 Å². The van der Waals surface area contributed by atoms with E-state index >= 15 is 0 Å². The van der Waals surface area contributed by atoms with Gasteiger partial charge in [-0.1, -0.05) is 78.9 Å².